The highest BCUT2D eigenvalue weighted by atomic mass is 16.7. The Morgan fingerprint density at radius 1 is 0.580 bits per heavy atom. The van der Waals surface area contributed by atoms with E-state index in [-0.39, 0.29) is 40.9 Å². The molecule has 0 saturated carbocycles. The number of hydrogen-bond donors (Lipinski definition) is 1. The lowest BCUT2D eigenvalue weighted by Crippen LogP contribution is -2.59. The monoisotopic (exact) mass is 700 g/mol. The van der Waals surface area contributed by atoms with Crippen molar-refractivity contribution in [2.24, 2.45) is 0 Å². The molecule has 0 spiro atoms. The lowest BCUT2D eigenvalue weighted by atomic mass is 10.0. The third kappa shape index (κ3) is 11.8. The van der Waals surface area contributed by atoms with Crippen molar-refractivity contribution in [2.45, 2.75) is 5.54 Å². The van der Waals surface area contributed by atoms with Gasteiger partial charge in [-0.2, -0.15) is 0 Å². The van der Waals surface area contributed by atoms with Crippen LogP contribution in [0.15, 0.2) is 85.5 Å². The summed E-state index contributed by atoms with van der Waals surface area (Å²) in [5.74, 6) is -0.554. The fourth-order valence-corrected chi connectivity index (χ4v) is 3.50. The lowest BCUT2D eigenvalue weighted by molar-refractivity contribution is -0.385. The van der Waals surface area contributed by atoms with Gasteiger partial charge in [-0.05, 0) is 36.4 Å². The Morgan fingerprint density at radius 2 is 0.880 bits per heavy atom. The van der Waals surface area contributed by atoms with Crippen molar-refractivity contribution in [1.29, 1.82) is 0 Å². The number of nitro groups is 3. The molecule has 0 atom stereocenters. The zero-order chi connectivity index (χ0) is 36.7. The second-order valence-corrected chi connectivity index (χ2v) is 9.47. The molecule has 0 radical (unpaired) electrons. The number of rotatable bonds is 15. The Balaban J connectivity index is 1.81. The minimum absolute atomic E-state index is 0.185. The smallest absolute Gasteiger partial charge is 0.445 e. The molecular weight excluding hydrogens is 676 g/mol. The van der Waals surface area contributed by atoms with Crippen LogP contribution in [-0.4, -0.2) is 71.3 Å². The van der Waals surface area contributed by atoms with Crippen LogP contribution in [0.5, 0.6) is 17.2 Å². The summed E-state index contributed by atoms with van der Waals surface area (Å²) in [7, 11) is 0. The van der Waals surface area contributed by atoms with E-state index in [0.29, 0.717) is 0 Å². The lowest BCUT2D eigenvalue weighted by Gasteiger charge is -2.32. The first kappa shape index (κ1) is 37.1. The molecule has 0 heterocycles. The van der Waals surface area contributed by atoms with Crippen LogP contribution in [0.25, 0.3) is 0 Å². The van der Waals surface area contributed by atoms with E-state index in [1.807, 2.05) is 0 Å². The third-order valence-corrected chi connectivity index (χ3v) is 5.84. The first-order valence-electron chi connectivity index (χ1n) is 13.6. The molecule has 1 amide bonds. The largest absolute Gasteiger partial charge is 0.513 e. The summed E-state index contributed by atoms with van der Waals surface area (Å²) in [6, 6.07) is 12.8. The van der Waals surface area contributed by atoms with Gasteiger partial charge in [0.15, 0.2) is 0 Å². The summed E-state index contributed by atoms with van der Waals surface area (Å²) >= 11 is 0. The van der Waals surface area contributed by atoms with Gasteiger partial charge in [-0.15, -0.1) is 0 Å². The zero-order valence-corrected chi connectivity index (χ0v) is 25.3. The maximum Gasteiger partial charge on any atom is 0.513 e. The normalized spacial score (nSPS) is 10.4. The standard InChI is InChI=1S/C29H24N4O17/c1-2-15-44-25(34)30-29(16-45-26(35)48-22-9-3-19(4-10-22)31(38)39,17-46-27(36)49-23-11-5-20(6-12-23)32(40)41)18-47-28(37)50-24-13-7-21(8-14-24)33(42)43/h2-14H,1,15-18H2,(H,30,34). The van der Waals surface area contributed by atoms with E-state index < -0.39 is 64.7 Å². The van der Waals surface area contributed by atoms with Crippen molar-refractivity contribution >= 4 is 41.6 Å². The summed E-state index contributed by atoms with van der Waals surface area (Å²) in [4.78, 5) is 80.9. The molecule has 0 saturated heterocycles. The van der Waals surface area contributed by atoms with Crippen LogP contribution >= 0.6 is 0 Å². The van der Waals surface area contributed by atoms with Gasteiger partial charge in [0.1, 0.15) is 49.2 Å². The summed E-state index contributed by atoms with van der Waals surface area (Å²) in [5, 5.41) is 34.9. The van der Waals surface area contributed by atoms with Crippen molar-refractivity contribution in [1.82, 2.24) is 5.32 Å². The summed E-state index contributed by atoms with van der Waals surface area (Å²) in [6.45, 7) is 0.193. The van der Waals surface area contributed by atoms with Crippen LogP contribution in [0.4, 0.5) is 36.2 Å². The van der Waals surface area contributed by atoms with Crippen molar-refractivity contribution in [3.8, 4) is 17.2 Å². The number of amides is 1. The van der Waals surface area contributed by atoms with Crippen LogP contribution in [0.2, 0.25) is 0 Å². The van der Waals surface area contributed by atoms with E-state index in [1.165, 1.54) is 6.08 Å². The molecule has 0 aliphatic carbocycles. The van der Waals surface area contributed by atoms with Gasteiger partial charge in [0, 0.05) is 36.4 Å². The first-order valence-corrected chi connectivity index (χ1v) is 13.6. The Hall–Kier alpha value is -7.32. The maximum absolute atomic E-state index is 12.6. The number of nitrogens with zero attached hydrogens (tertiary/aromatic N) is 3. The molecule has 0 fully saturated rings. The molecule has 262 valence electrons. The van der Waals surface area contributed by atoms with E-state index in [4.69, 9.17) is 33.2 Å². The van der Waals surface area contributed by atoms with E-state index >= 15 is 0 Å². The van der Waals surface area contributed by atoms with Gasteiger partial charge in [0.05, 0.1) is 14.8 Å². The van der Waals surface area contributed by atoms with Gasteiger partial charge >= 0.3 is 24.6 Å². The van der Waals surface area contributed by atoms with Crippen molar-refractivity contribution < 1.29 is 67.1 Å². The number of nitrogens with one attached hydrogen (secondary N) is 1. The predicted octanol–water partition coefficient (Wildman–Crippen LogP) is 5.01. The number of ether oxygens (including phenoxy) is 7. The Bertz CT molecular complexity index is 1550. The van der Waals surface area contributed by atoms with Crippen LogP contribution in [-0.2, 0) is 18.9 Å². The van der Waals surface area contributed by atoms with Crippen LogP contribution in [0.3, 0.4) is 0 Å². The second kappa shape index (κ2) is 17.6. The van der Waals surface area contributed by atoms with E-state index in [1.54, 1.807) is 0 Å². The highest BCUT2D eigenvalue weighted by Crippen LogP contribution is 2.21. The number of benzene rings is 3. The van der Waals surface area contributed by atoms with E-state index in [2.05, 4.69) is 11.9 Å². The number of non-ortho nitro benzene ring substituents is 3. The minimum Gasteiger partial charge on any atom is -0.445 e. The molecule has 0 aromatic heterocycles. The average Bonchev–Trinajstić information content (AvgIpc) is 3.08. The van der Waals surface area contributed by atoms with Crippen LogP contribution < -0.4 is 19.5 Å². The minimum atomic E-state index is -2.17. The van der Waals surface area contributed by atoms with Gasteiger partial charge in [-0.1, -0.05) is 12.7 Å². The molecule has 1 N–H and O–H groups in total. The van der Waals surface area contributed by atoms with Gasteiger partial charge in [0.25, 0.3) is 17.1 Å². The molecule has 21 heteroatoms. The quantitative estimate of drug-likeness (QED) is 0.0544. The number of carbonyl (C=O) groups excluding carboxylic acids is 4. The van der Waals surface area contributed by atoms with Crippen LogP contribution in [0.1, 0.15) is 0 Å². The maximum atomic E-state index is 12.6. The topological polar surface area (TPSA) is 274 Å². The molecule has 21 nitrogen and oxygen atoms in total. The van der Waals surface area contributed by atoms with E-state index in [0.717, 1.165) is 72.8 Å². The summed E-state index contributed by atoms with van der Waals surface area (Å²) in [5.41, 5.74) is -3.08. The molecule has 0 aliphatic heterocycles. The molecule has 3 rings (SSSR count). The zero-order valence-electron chi connectivity index (χ0n) is 25.3. The number of carbonyl (C=O) groups is 4. The second-order valence-electron chi connectivity index (χ2n) is 9.47. The molecule has 0 unspecified atom stereocenters. The van der Waals surface area contributed by atoms with Gasteiger partial charge in [-0.25, -0.2) is 19.2 Å². The van der Waals surface area contributed by atoms with E-state index in [9.17, 15) is 49.5 Å². The van der Waals surface area contributed by atoms with Crippen molar-refractivity contribution in [3.05, 3.63) is 116 Å². The molecule has 0 aliphatic rings. The Kier molecular flexibility index (Phi) is 13.0. The number of alkyl carbamates (subject to hydrolysis) is 1. The fraction of sp³-hybridized carbons (Fsp3) is 0.172. The fourth-order valence-electron chi connectivity index (χ4n) is 3.50. The Labute approximate surface area is 279 Å². The molecule has 3 aromatic carbocycles. The van der Waals surface area contributed by atoms with Crippen molar-refractivity contribution in [3.63, 3.8) is 0 Å². The predicted molar refractivity (Wildman–Crippen MR) is 163 cm³/mol. The highest BCUT2D eigenvalue weighted by molar-refractivity contribution is 5.70. The third-order valence-electron chi connectivity index (χ3n) is 5.84. The van der Waals surface area contributed by atoms with Gasteiger partial charge < -0.3 is 38.5 Å². The highest BCUT2D eigenvalue weighted by Gasteiger charge is 2.39. The first-order chi connectivity index (χ1) is 23.8. The average molecular weight is 701 g/mol. The molecule has 50 heavy (non-hydrogen) atoms. The molecule has 0 bridgehead atoms. The number of hydrogen-bond acceptors (Lipinski definition) is 17. The van der Waals surface area contributed by atoms with Gasteiger partial charge in [-0.3, -0.25) is 30.3 Å². The summed E-state index contributed by atoms with van der Waals surface area (Å²) in [6.07, 6.45) is -4.28. The molecular formula is C29H24N4O17. The molecule has 3 aromatic rings. The summed E-state index contributed by atoms with van der Waals surface area (Å²) < 4.78 is 35.1. The van der Waals surface area contributed by atoms with Gasteiger partial charge in [0.2, 0.25) is 0 Å². The Morgan fingerprint density at radius 3 is 1.14 bits per heavy atom. The number of nitro benzene ring substituents is 3. The van der Waals surface area contributed by atoms with Crippen molar-refractivity contribution in [2.75, 3.05) is 26.4 Å². The van der Waals surface area contributed by atoms with Crippen LogP contribution in [0, 0.1) is 30.3 Å². The SMILES string of the molecule is C=CCOC(=O)NC(COC(=O)Oc1ccc([N+](=O)[O-])cc1)(COC(=O)Oc1ccc([N+](=O)[O-])cc1)COC(=O)Oc1ccc([N+](=O)[O-])cc1.